The Bertz CT molecular complexity index is 695. The van der Waals surface area contributed by atoms with E-state index in [4.69, 9.17) is 9.47 Å². The summed E-state index contributed by atoms with van der Waals surface area (Å²) in [6.07, 6.45) is 0. The number of carbonyl (C=O) groups excluding carboxylic acids is 1. The predicted molar refractivity (Wildman–Crippen MR) is 92.6 cm³/mol. The predicted octanol–water partition coefficient (Wildman–Crippen LogP) is 4.35. The van der Waals surface area contributed by atoms with Crippen molar-refractivity contribution >= 4 is 11.6 Å². The molecule has 0 aliphatic carbocycles. The number of rotatable bonds is 6. The van der Waals surface area contributed by atoms with Crippen molar-refractivity contribution in [2.24, 2.45) is 0 Å². The van der Waals surface area contributed by atoms with E-state index in [0.717, 1.165) is 16.8 Å². The number of hydrogen-bond acceptors (Lipinski definition) is 3. The molecule has 0 fully saturated rings. The lowest BCUT2D eigenvalue weighted by molar-refractivity contribution is 0.102. The summed E-state index contributed by atoms with van der Waals surface area (Å²) < 4.78 is 11.1. The fourth-order valence-corrected chi connectivity index (χ4v) is 2.26. The van der Waals surface area contributed by atoms with Crippen LogP contribution in [0.3, 0.4) is 0 Å². The summed E-state index contributed by atoms with van der Waals surface area (Å²) in [7, 11) is 0. The molecular formula is C19H23NO3. The summed E-state index contributed by atoms with van der Waals surface area (Å²) in [4.78, 5) is 12.5. The third-order valence-corrected chi connectivity index (χ3v) is 3.45. The molecule has 122 valence electrons. The van der Waals surface area contributed by atoms with Gasteiger partial charge in [-0.1, -0.05) is 12.1 Å². The van der Waals surface area contributed by atoms with Crippen molar-refractivity contribution in [2.45, 2.75) is 27.7 Å². The Kier molecular flexibility index (Phi) is 5.63. The Morgan fingerprint density at radius 2 is 1.65 bits per heavy atom. The molecule has 1 N–H and O–H groups in total. The van der Waals surface area contributed by atoms with Gasteiger partial charge in [0.25, 0.3) is 5.91 Å². The van der Waals surface area contributed by atoms with Gasteiger partial charge in [-0.2, -0.15) is 0 Å². The molecule has 0 aliphatic rings. The number of hydrogen-bond donors (Lipinski definition) is 1. The molecule has 0 unspecified atom stereocenters. The number of ether oxygens (including phenoxy) is 2. The van der Waals surface area contributed by atoms with E-state index >= 15 is 0 Å². The maximum atomic E-state index is 12.5. The second-order valence-corrected chi connectivity index (χ2v) is 5.30. The van der Waals surface area contributed by atoms with Crippen LogP contribution in [0.5, 0.6) is 11.5 Å². The van der Waals surface area contributed by atoms with Crippen molar-refractivity contribution in [1.82, 2.24) is 0 Å². The Hall–Kier alpha value is -2.49. The van der Waals surface area contributed by atoms with E-state index in [9.17, 15) is 4.79 Å². The number of carbonyl (C=O) groups is 1. The number of amides is 1. The van der Waals surface area contributed by atoms with Crippen molar-refractivity contribution in [3.63, 3.8) is 0 Å². The van der Waals surface area contributed by atoms with E-state index in [-0.39, 0.29) is 5.91 Å². The van der Waals surface area contributed by atoms with E-state index in [0.29, 0.717) is 30.3 Å². The average molecular weight is 313 g/mol. The molecule has 23 heavy (non-hydrogen) atoms. The minimum Gasteiger partial charge on any atom is -0.490 e. The highest BCUT2D eigenvalue weighted by Crippen LogP contribution is 2.29. The van der Waals surface area contributed by atoms with E-state index in [1.807, 2.05) is 45.9 Å². The van der Waals surface area contributed by atoms with Crippen LogP contribution in [0.4, 0.5) is 5.69 Å². The molecule has 0 radical (unpaired) electrons. The van der Waals surface area contributed by atoms with Gasteiger partial charge in [0.1, 0.15) is 0 Å². The first-order valence-corrected chi connectivity index (χ1v) is 7.83. The SMILES string of the molecule is CCOc1ccc(C(=O)Nc2cc(C)ccc2C)cc1OCC. The standard InChI is InChI=1S/C19H23NO3/c1-5-22-17-10-9-15(12-18(17)23-6-2)19(21)20-16-11-13(3)7-8-14(16)4/h7-12H,5-6H2,1-4H3,(H,20,21). The maximum Gasteiger partial charge on any atom is 0.255 e. The monoisotopic (exact) mass is 313 g/mol. The van der Waals surface area contributed by atoms with Crippen molar-refractivity contribution in [3.05, 3.63) is 53.1 Å². The van der Waals surface area contributed by atoms with Gasteiger partial charge in [-0.15, -0.1) is 0 Å². The van der Waals surface area contributed by atoms with Crippen LogP contribution in [0.15, 0.2) is 36.4 Å². The van der Waals surface area contributed by atoms with Gasteiger partial charge in [-0.3, -0.25) is 4.79 Å². The van der Waals surface area contributed by atoms with Crippen molar-refractivity contribution < 1.29 is 14.3 Å². The number of anilines is 1. The van der Waals surface area contributed by atoms with Crippen LogP contribution < -0.4 is 14.8 Å². The van der Waals surface area contributed by atoms with Crippen molar-refractivity contribution in [3.8, 4) is 11.5 Å². The second-order valence-electron chi connectivity index (χ2n) is 5.30. The molecule has 0 saturated carbocycles. The Morgan fingerprint density at radius 1 is 0.957 bits per heavy atom. The summed E-state index contributed by atoms with van der Waals surface area (Å²) in [5.41, 5.74) is 3.49. The largest absolute Gasteiger partial charge is 0.490 e. The Labute approximate surface area is 137 Å². The topological polar surface area (TPSA) is 47.6 Å². The van der Waals surface area contributed by atoms with Crippen LogP contribution in [-0.4, -0.2) is 19.1 Å². The van der Waals surface area contributed by atoms with E-state index in [2.05, 4.69) is 5.32 Å². The molecule has 0 atom stereocenters. The molecule has 0 bridgehead atoms. The number of aryl methyl sites for hydroxylation is 2. The molecule has 2 rings (SSSR count). The summed E-state index contributed by atoms with van der Waals surface area (Å²) in [6, 6.07) is 11.2. The number of benzene rings is 2. The van der Waals surface area contributed by atoms with Gasteiger partial charge in [-0.25, -0.2) is 0 Å². The van der Waals surface area contributed by atoms with Crippen LogP contribution in [0.25, 0.3) is 0 Å². The van der Waals surface area contributed by atoms with Gasteiger partial charge >= 0.3 is 0 Å². The Balaban J connectivity index is 2.25. The molecule has 1 amide bonds. The van der Waals surface area contributed by atoms with Gasteiger partial charge in [-0.05, 0) is 63.1 Å². The van der Waals surface area contributed by atoms with Crippen molar-refractivity contribution in [2.75, 3.05) is 18.5 Å². The zero-order valence-electron chi connectivity index (χ0n) is 14.1. The van der Waals surface area contributed by atoms with E-state index < -0.39 is 0 Å². The number of nitrogens with one attached hydrogen (secondary N) is 1. The molecule has 0 heterocycles. The smallest absolute Gasteiger partial charge is 0.255 e. The summed E-state index contributed by atoms with van der Waals surface area (Å²) in [5.74, 6) is 1.07. The quantitative estimate of drug-likeness (QED) is 0.862. The summed E-state index contributed by atoms with van der Waals surface area (Å²) in [6.45, 7) is 8.85. The van der Waals surface area contributed by atoms with Crippen LogP contribution in [0.2, 0.25) is 0 Å². The minimum atomic E-state index is -0.164. The fourth-order valence-electron chi connectivity index (χ4n) is 2.26. The Morgan fingerprint density at radius 3 is 2.35 bits per heavy atom. The first kappa shape index (κ1) is 16.9. The third-order valence-electron chi connectivity index (χ3n) is 3.45. The zero-order chi connectivity index (χ0) is 16.8. The summed E-state index contributed by atoms with van der Waals surface area (Å²) in [5, 5.41) is 2.95. The van der Waals surface area contributed by atoms with Crippen molar-refractivity contribution in [1.29, 1.82) is 0 Å². The average Bonchev–Trinajstić information content (AvgIpc) is 2.53. The van der Waals surface area contributed by atoms with Gasteiger partial charge in [0.05, 0.1) is 13.2 Å². The van der Waals surface area contributed by atoms with Crippen LogP contribution in [0.1, 0.15) is 35.3 Å². The van der Waals surface area contributed by atoms with E-state index in [1.165, 1.54) is 0 Å². The van der Waals surface area contributed by atoms with Crippen LogP contribution >= 0.6 is 0 Å². The second kappa shape index (κ2) is 7.68. The highest BCUT2D eigenvalue weighted by Gasteiger charge is 2.12. The van der Waals surface area contributed by atoms with Gasteiger partial charge in [0, 0.05) is 11.3 Å². The first-order chi connectivity index (χ1) is 11.0. The fraction of sp³-hybridized carbons (Fsp3) is 0.316. The molecule has 0 spiro atoms. The molecule has 4 nitrogen and oxygen atoms in total. The minimum absolute atomic E-state index is 0.164. The van der Waals surface area contributed by atoms with Gasteiger partial charge in [0.2, 0.25) is 0 Å². The molecule has 2 aromatic rings. The molecule has 0 aliphatic heterocycles. The lowest BCUT2D eigenvalue weighted by Gasteiger charge is -2.13. The third kappa shape index (κ3) is 4.25. The van der Waals surface area contributed by atoms with Gasteiger partial charge in [0.15, 0.2) is 11.5 Å². The highest BCUT2D eigenvalue weighted by molar-refractivity contribution is 6.05. The van der Waals surface area contributed by atoms with Crippen LogP contribution in [0, 0.1) is 13.8 Å². The normalized spacial score (nSPS) is 10.3. The first-order valence-electron chi connectivity index (χ1n) is 7.83. The van der Waals surface area contributed by atoms with Gasteiger partial charge < -0.3 is 14.8 Å². The molecular weight excluding hydrogens is 290 g/mol. The zero-order valence-corrected chi connectivity index (χ0v) is 14.1. The molecule has 0 aromatic heterocycles. The maximum absolute atomic E-state index is 12.5. The molecule has 4 heteroatoms. The van der Waals surface area contributed by atoms with Crippen LogP contribution in [-0.2, 0) is 0 Å². The van der Waals surface area contributed by atoms with E-state index in [1.54, 1.807) is 18.2 Å². The molecule has 0 saturated heterocycles. The lowest BCUT2D eigenvalue weighted by Crippen LogP contribution is -2.13. The molecule has 2 aromatic carbocycles. The lowest BCUT2D eigenvalue weighted by atomic mass is 10.1. The highest BCUT2D eigenvalue weighted by atomic mass is 16.5. The summed E-state index contributed by atoms with van der Waals surface area (Å²) >= 11 is 0.